The number of phenolic OH excluding ortho intramolecular Hbond substituents is 1. The van der Waals surface area contributed by atoms with E-state index in [0.717, 1.165) is 0 Å². The normalized spacial score (nSPS) is 10.2. The summed E-state index contributed by atoms with van der Waals surface area (Å²) in [5.41, 5.74) is 0.615. The van der Waals surface area contributed by atoms with Crippen LogP contribution in [0.4, 0.5) is 5.69 Å². The van der Waals surface area contributed by atoms with Gasteiger partial charge in [-0.2, -0.15) is 0 Å². The third kappa shape index (κ3) is 3.17. The van der Waals surface area contributed by atoms with E-state index < -0.39 is 11.9 Å². The Balaban J connectivity index is 2.19. The Labute approximate surface area is 114 Å². The highest BCUT2D eigenvalue weighted by atomic mass is 16.4. The standard InChI is InChI=1S/C14H13NO5/c1-8-2-5-12(20-8)14(19)15-10-6-9(7-13(17)18)3-4-11(10)16/h2-6,16H,7H2,1H3,(H,15,19)(H,17,18). The maximum atomic E-state index is 11.9. The quantitative estimate of drug-likeness (QED) is 0.742. The average molecular weight is 275 g/mol. The van der Waals surface area contributed by atoms with E-state index in [9.17, 15) is 14.7 Å². The van der Waals surface area contributed by atoms with Crippen molar-refractivity contribution in [1.82, 2.24) is 0 Å². The van der Waals surface area contributed by atoms with Crippen molar-refractivity contribution in [3.8, 4) is 5.75 Å². The minimum absolute atomic E-state index is 0.116. The van der Waals surface area contributed by atoms with Gasteiger partial charge in [-0.1, -0.05) is 6.07 Å². The van der Waals surface area contributed by atoms with Crippen LogP contribution < -0.4 is 5.32 Å². The molecule has 0 aliphatic heterocycles. The van der Waals surface area contributed by atoms with Crippen LogP contribution in [0, 0.1) is 6.92 Å². The molecule has 0 aliphatic rings. The van der Waals surface area contributed by atoms with Crippen molar-refractivity contribution in [2.45, 2.75) is 13.3 Å². The Kier molecular flexibility index (Phi) is 3.74. The Morgan fingerprint density at radius 2 is 2.00 bits per heavy atom. The van der Waals surface area contributed by atoms with Gasteiger partial charge >= 0.3 is 5.97 Å². The van der Waals surface area contributed by atoms with Crippen LogP contribution >= 0.6 is 0 Å². The number of furan rings is 1. The van der Waals surface area contributed by atoms with Gasteiger partial charge in [-0.05, 0) is 36.8 Å². The SMILES string of the molecule is Cc1ccc(C(=O)Nc2cc(CC(=O)O)ccc2O)o1. The van der Waals surface area contributed by atoms with E-state index in [1.165, 1.54) is 24.3 Å². The lowest BCUT2D eigenvalue weighted by Gasteiger charge is -2.07. The van der Waals surface area contributed by atoms with E-state index in [-0.39, 0.29) is 23.6 Å². The molecule has 1 heterocycles. The number of aromatic hydroxyl groups is 1. The molecule has 6 nitrogen and oxygen atoms in total. The summed E-state index contributed by atoms with van der Waals surface area (Å²) < 4.78 is 5.16. The van der Waals surface area contributed by atoms with Gasteiger partial charge in [0.05, 0.1) is 12.1 Å². The number of aryl methyl sites for hydroxylation is 1. The van der Waals surface area contributed by atoms with Crippen molar-refractivity contribution in [2.75, 3.05) is 5.32 Å². The molecule has 0 fully saturated rings. The second kappa shape index (κ2) is 5.48. The number of carbonyl (C=O) groups is 2. The molecular weight excluding hydrogens is 262 g/mol. The average Bonchev–Trinajstić information content (AvgIpc) is 2.79. The van der Waals surface area contributed by atoms with E-state index in [0.29, 0.717) is 11.3 Å². The molecule has 0 saturated carbocycles. The van der Waals surface area contributed by atoms with Crippen LogP contribution in [0.5, 0.6) is 5.75 Å². The van der Waals surface area contributed by atoms with Gasteiger partial charge in [0.2, 0.25) is 0 Å². The summed E-state index contributed by atoms with van der Waals surface area (Å²) in [4.78, 5) is 22.5. The number of rotatable bonds is 4. The van der Waals surface area contributed by atoms with Gasteiger partial charge in [0.15, 0.2) is 5.76 Å². The van der Waals surface area contributed by atoms with Crippen molar-refractivity contribution in [3.05, 3.63) is 47.4 Å². The fourth-order valence-corrected chi connectivity index (χ4v) is 1.71. The van der Waals surface area contributed by atoms with Crippen molar-refractivity contribution in [3.63, 3.8) is 0 Å². The predicted octanol–water partition coefficient (Wildman–Crippen LogP) is 2.17. The zero-order valence-corrected chi connectivity index (χ0v) is 10.7. The van der Waals surface area contributed by atoms with Crippen LogP contribution in [0.15, 0.2) is 34.7 Å². The molecular formula is C14H13NO5. The molecule has 0 spiro atoms. The van der Waals surface area contributed by atoms with Crippen LogP contribution in [0.1, 0.15) is 21.9 Å². The largest absolute Gasteiger partial charge is 0.506 e. The summed E-state index contributed by atoms with van der Waals surface area (Å²) >= 11 is 0. The molecule has 1 aromatic carbocycles. The number of anilines is 1. The Bertz CT molecular complexity index is 659. The first kappa shape index (κ1) is 13.7. The first-order valence-corrected chi connectivity index (χ1v) is 5.87. The Morgan fingerprint density at radius 3 is 2.60 bits per heavy atom. The first-order valence-electron chi connectivity index (χ1n) is 5.87. The number of benzene rings is 1. The second-order valence-electron chi connectivity index (χ2n) is 4.29. The Morgan fingerprint density at radius 1 is 1.25 bits per heavy atom. The molecule has 104 valence electrons. The monoisotopic (exact) mass is 275 g/mol. The van der Waals surface area contributed by atoms with E-state index in [1.54, 1.807) is 13.0 Å². The minimum Gasteiger partial charge on any atom is -0.506 e. The third-order valence-corrected chi connectivity index (χ3v) is 2.63. The van der Waals surface area contributed by atoms with Gasteiger partial charge in [0.1, 0.15) is 11.5 Å². The van der Waals surface area contributed by atoms with E-state index in [4.69, 9.17) is 9.52 Å². The molecule has 0 radical (unpaired) electrons. The zero-order valence-electron chi connectivity index (χ0n) is 10.7. The molecule has 0 atom stereocenters. The number of aliphatic carboxylic acids is 1. The van der Waals surface area contributed by atoms with Crippen molar-refractivity contribution in [2.24, 2.45) is 0 Å². The smallest absolute Gasteiger partial charge is 0.307 e. The van der Waals surface area contributed by atoms with Gasteiger partial charge in [-0.15, -0.1) is 0 Å². The summed E-state index contributed by atoms with van der Waals surface area (Å²) in [5, 5.41) is 20.9. The number of hydrogen-bond donors (Lipinski definition) is 3. The highest BCUT2D eigenvalue weighted by Gasteiger charge is 2.13. The lowest BCUT2D eigenvalue weighted by molar-refractivity contribution is -0.136. The molecule has 6 heteroatoms. The third-order valence-electron chi connectivity index (χ3n) is 2.63. The molecule has 2 aromatic rings. The maximum absolute atomic E-state index is 11.9. The van der Waals surface area contributed by atoms with Crippen molar-refractivity contribution < 1.29 is 24.2 Å². The van der Waals surface area contributed by atoms with E-state index in [1.807, 2.05) is 0 Å². The molecule has 1 amide bonds. The molecule has 0 saturated heterocycles. The summed E-state index contributed by atoms with van der Waals surface area (Å²) in [6.45, 7) is 1.71. The summed E-state index contributed by atoms with van der Waals surface area (Å²) in [7, 11) is 0. The number of carboxylic acid groups (broad SMARTS) is 1. The topological polar surface area (TPSA) is 99.8 Å². The summed E-state index contributed by atoms with van der Waals surface area (Å²) in [6.07, 6.45) is -0.191. The van der Waals surface area contributed by atoms with Crippen LogP contribution in [-0.2, 0) is 11.2 Å². The fourth-order valence-electron chi connectivity index (χ4n) is 1.71. The van der Waals surface area contributed by atoms with Gasteiger partial charge in [-0.3, -0.25) is 9.59 Å². The van der Waals surface area contributed by atoms with E-state index in [2.05, 4.69) is 5.32 Å². The van der Waals surface area contributed by atoms with E-state index >= 15 is 0 Å². The fraction of sp³-hybridized carbons (Fsp3) is 0.143. The highest BCUT2D eigenvalue weighted by molar-refractivity contribution is 6.03. The lowest BCUT2D eigenvalue weighted by Crippen LogP contribution is -2.11. The van der Waals surface area contributed by atoms with Crippen molar-refractivity contribution >= 4 is 17.6 Å². The van der Waals surface area contributed by atoms with Crippen LogP contribution in [0.3, 0.4) is 0 Å². The first-order chi connectivity index (χ1) is 9.45. The van der Waals surface area contributed by atoms with Crippen LogP contribution in [0.25, 0.3) is 0 Å². The molecule has 1 aromatic heterocycles. The molecule has 20 heavy (non-hydrogen) atoms. The number of phenols is 1. The molecule has 0 bridgehead atoms. The highest BCUT2D eigenvalue weighted by Crippen LogP contribution is 2.25. The van der Waals surface area contributed by atoms with Gasteiger partial charge in [0.25, 0.3) is 5.91 Å². The van der Waals surface area contributed by atoms with Crippen molar-refractivity contribution in [1.29, 1.82) is 0 Å². The number of amides is 1. The minimum atomic E-state index is -0.991. The number of carbonyl (C=O) groups excluding carboxylic acids is 1. The zero-order chi connectivity index (χ0) is 14.7. The molecule has 3 N–H and O–H groups in total. The summed E-state index contributed by atoms with van der Waals surface area (Å²) in [6, 6.07) is 7.40. The molecule has 0 unspecified atom stereocenters. The number of hydrogen-bond acceptors (Lipinski definition) is 4. The number of nitrogens with one attached hydrogen (secondary N) is 1. The van der Waals surface area contributed by atoms with Crippen LogP contribution in [-0.4, -0.2) is 22.1 Å². The molecule has 0 aliphatic carbocycles. The number of carboxylic acids is 1. The lowest BCUT2D eigenvalue weighted by atomic mass is 10.1. The second-order valence-corrected chi connectivity index (χ2v) is 4.29. The van der Waals surface area contributed by atoms with Gasteiger partial charge in [-0.25, -0.2) is 0 Å². The van der Waals surface area contributed by atoms with Gasteiger partial charge < -0.3 is 19.9 Å². The maximum Gasteiger partial charge on any atom is 0.307 e. The van der Waals surface area contributed by atoms with Gasteiger partial charge in [0, 0.05) is 0 Å². The van der Waals surface area contributed by atoms with Crippen LogP contribution in [0.2, 0.25) is 0 Å². The Hall–Kier alpha value is -2.76. The predicted molar refractivity (Wildman–Crippen MR) is 70.8 cm³/mol. The molecule has 2 rings (SSSR count). The summed E-state index contributed by atoms with van der Waals surface area (Å²) in [5.74, 6) is -0.934.